The minimum absolute atomic E-state index is 0.00507. The van der Waals surface area contributed by atoms with E-state index in [1.807, 2.05) is 30.5 Å². The number of carbonyl (C=O) groups is 1. The third-order valence-corrected chi connectivity index (χ3v) is 5.90. The minimum atomic E-state index is -0.271. The van der Waals surface area contributed by atoms with Gasteiger partial charge in [0.15, 0.2) is 11.0 Å². The van der Waals surface area contributed by atoms with Crippen molar-refractivity contribution in [2.75, 3.05) is 6.54 Å². The largest absolute Gasteiger partial charge is 0.467 e. The summed E-state index contributed by atoms with van der Waals surface area (Å²) in [4.78, 5) is 12.3. The number of nitrogens with zero attached hydrogens (tertiary/aromatic N) is 3. The van der Waals surface area contributed by atoms with Gasteiger partial charge in [-0.05, 0) is 36.5 Å². The number of benzene rings is 1. The van der Waals surface area contributed by atoms with E-state index in [-0.39, 0.29) is 16.6 Å². The van der Waals surface area contributed by atoms with Gasteiger partial charge in [-0.3, -0.25) is 9.36 Å². The second-order valence-corrected chi connectivity index (χ2v) is 9.66. The van der Waals surface area contributed by atoms with Crippen molar-refractivity contribution in [1.82, 2.24) is 20.1 Å². The van der Waals surface area contributed by atoms with Crippen LogP contribution in [0.3, 0.4) is 0 Å². The molecule has 160 valence electrons. The number of aromatic nitrogens is 3. The van der Waals surface area contributed by atoms with Crippen LogP contribution in [0.15, 0.2) is 52.2 Å². The second kappa shape index (κ2) is 9.51. The maximum atomic E-state index is 12.3. The fourth-order valence-electron chi connectivity index (χ4n) is 3.01. The molecule has 0 aliphatic heterocycles. The monoisotopic (exact) mass is 426 g/mol. The van der Waals surface area contributed by atoms with Crippen molar-refractivity contribution in [3.05, 3.63) is 54.0 Å². The average molecular weight is 427 g/mol. The molecule has 0 aliphatic carbocycles. The highest BCUT2D eigenvalue weighted by Crippen LogP contribution is 2.30. The van der Waals surface area contributed by atoms with Gasteiger partial charge in [0.1, 0.15) is 5.76 Å². The van der Waals surface area contributed by atoms with Gasteiger partial charge in [0.05, 0.1) is 18.1 Å². The lowest BCUT2D eigenvalue weighted by Crippen LogP contribution is -2.31. The van der Waals surface area contributed by atoms with Crippen molar-refractivity contribution >= 4 is 17.7 Å². The average Bonchev–Trinajstić information content (AvgIpc) is 3.36. The van der Waals surface area contributed by atoms with E-state index in [4.69, 9.17) is 4.42 Å². The summed E-state index contributed by atoms with van der Waals surface area (Å²) in [7, 11) is 0. The molecule has 2 heterocycles. The molecule has 3 aromatic rings. The molecule has 0 bridgehead atoms. The maximum absolute atomic E-state index is 12.3. The van der Waals surface area contributed by atoms with E-state index in [0.29, 0.717) is 18.2 Å². The van der Waals surface area contributed by atoms with Gasteiger partial charge < -0.3 is 9.73 Å². The van der Waals surface area contributed by atoms with Gasteiger partial charge in [0, 0.05) is 12.1 Å². The number of rotatable bonds is 8. The molecule has 1 aromatic carbocycles. The highest BCUT2D eigenvalue weighted by atomic mass is 32.2. The summed E-state index contributed by atoms with van der Waals surface area (Å²) in [5.41, 5.74) is 2.33. The zero-order chi connectivity index (χ0) is 21.7. The molecular formula is C23H30N4O2S. The Morgan fingerprint density at radius 2 is 1.93 bits per heavy atom. The van der Waals surface area contributed by atoms with Crippen LogP contribution in [0.5, 0.6) is 0 Å². The SMILES string of the molecule is CCCNC(=O)[C@@H](C)Sc1nnc(-c2ccc(C(C)(C)C)cc2)n1Cc1ccco1. The van der Waals surface area contributed by atoms with E-state index in [1.165, 1.54) is 17.3 Å². The van der Waals surface area contributed by atoms with E-state index in [1.54, 1.807) is 6.26 Å². The minimum Gasteiger partial charge on any atom is -0.467 e. The smallest absolute Gasteiger partial charge is 0.233 e. The van der Waals surface area contributed by atoms with E-state index in [0.717, 1.165) is 23.6 Å². The molecule has 2 aromatic heterocycles. The van der Waals surface area contributed by atoms with Gasteiger partial charge in [-0.25, -0.2) is 0 Å². The van der Waals surface area contributed by atoms with Gasteiger partial charge in [-0.1, -0.05) is 63.7 Å². The molecule has 0 aliphatic rings. The number of thioether (sulfide) groups is 1. The van der Waals surface area contributed by atoms with Gasteiger partial charge in [-0.2, -0.15) is 0 Å². The number of hydrogen-bond donors (Lipinski definition) is 1. The standard InChI is InChI=1S/C23H30N4O2S/c1-6-13-24-21(28)16(2)30-22-26-25-20(27(22)15-19-8-7-14-29-19)17-9-11-18(12-10-17)23(3,4)5/h7-12,14,16H,6,13,15H2,1-5H3,(H,24,28)/t16-/m1/s1. The summed E-state index contributed by atoms with van der Waals surface area (Å²) in [5, 5.41) is 12.2. The fourth-order valence-corrected chi connectivity index (χ4v) is 3.89. The van der Waals surface area contributed by atoms with Crippen LogP contribution in [-0.2, 0) is 16.8 Å². The van der Waals surface area contributed by atoms with Crippen molar-refractivity contribution in [3.8, 4) is 11.4 Å². The second-order valence-electron chi connectivity index (χ2n) is 8.35. The molecule has 0 saturated heterocycles. The molecule has 1 atom stereocenters. The van der Waals surface area contributed by atoms with Gasteiger partial charge in [-0.15, -0.1) is 10.2 Å². The van der Waals surface area contributed by atoms with Crippen LogP contribution in [0.2, 0.25) is 0 Å². The van der Waals surface area contributed by atoms with E-state index >= 15 is 0 Å². The molecule has 0 spiro atoms. The Morgan fingerprint density at radius 1 is 1.20 bits per heavy atom. The van der Waals surface area contributed by atoms with Gasteiger partial charge in [0.2, 0.25) is 5.91 Å². The lowest BCUT2D eigenvalue weighted by molar-refractivity contribution is -0.120. The number of hydrogen-bond acceptors (Lipinski definition) is 5. The van der Waals surface area contributed by atoms with Crippen molar-refractivity contribution in [2.45, 2.75) is 63.4 Å². The molecule has 1 N–H and O–H groups in total. The van der Waals surface area contributed by atoms with Crippen LogP contribution in [0.1, 0.15) is 52.4 Å². The molecule has 0 radical (unpaired) electrons. The predicted octanol–water partition coefficient (Wildman–Crippen LogP) is 4.89. The number of furan rings is 1. The van der Waals surface area contributed by atoms with Crippen LogP contribution in [-0.4, -0.2) is 32.5 Å². The summed E-state index contributed by atoms with van der Waals surface area (Å²) >= 11 is 1.41. The van der Waals surface area contributed by atoms with E-state index in [9.17, 15) is 4.79 Å². The number of carbonyl (C=O) groups excluding carboxylic acids is 1. The third kappa shape index (κ3) is 5.33. The van der Waals surface area contributed by atoms with E-state index in [2.05, 4.69) is 60.6 Å². The van der Waals surface area contributed by atoms with E-state index < -0.39 is 0 Å². The zero-order valence-corrected chi connectivity index (χ0v) is 19.1. The Hall–Kier alpha value is -2.54. The summed E-state index contributed by atoms with van der Waals surface area (Å²) in [6, 6.07) is 12.2. The van der Waals surface area contributed by atoms with Crippen LogP contribution >= 0.6 is 11.8 Å². The van der Waals surface area contributed by atoms with Crippen molar-refractivity contribution in [3.63, 3.8) is 0 Å². The normalized spacial score (nSPS) is 12.7. The summed E-state index contributed by atoms with van der Waals surface area (Å²) in [6.07, 6.45) is 2.57. The highest BCUT2D eigenvalue weighted by Gasteiger charge is 2.22. The van der Waals surface area contributed by atoms with Crippen LogP contribution in [0.25, 0.3) is 11.4 Å². The topological polar surface area (TPSA) is 73.0 Å². The molecule has 0 saturated carbocycles. The van der Waals surface area contributed by atoms with Crippen molar-refractivity contribution in [2.24, 2.45) is 0 Å². The fraction of sp³-hybridized carbons (Fsp3) is 0.435. The van der Waals surface area contributed by atoms with Crippen molar-refractivity contribution < 1.29 is 9.21 Å². The molecule has 0 fully saturated rings. The Kier molecular flexibility index (Phi) is 7.02. The van der Waals surface area contributed by atoms with Crippen LogP contribution in [0.4, 0.5) is 0 Å². The first-order valence-electron chi connectivity index (χ1n) is 10.3. The summed E-state index contributed by atoms with van der Waals surface area (Å²) in [6.45, 7) is 11.7. The summed E-state index contributed by atoms with van der Waals surface area (Å²) < 4.78 is 7.57. The molecule has 3 rings (SSSR count). The van der Waals surface area contributed by atoms with Crippen LogP contribution in [0, 0.1) is 0 Å². The number of nitrogens with one attached hydrogen (secondary N) is 1. The quantitative estimate of drug-likeness (QED) is 0.519. The molecular weight excluding hydrogens is 396 g/mol. The first-order chi connectivity index (χ1) is 14.3. The van der Waals surface area contributed by atoms with Gasteiger partial charge in [0.25, 0.3) is 0 Å². The Labute approximate surface area is 182 Å². The number of amides is 1. The van der Waals surface area contributed by atoms with Crippen molar-refractivity contribution in [1.29, 1.82) is 0 Å². The Bertz CT molecular complexity index is 956. The molecule has 7 heteroatoms. The van der Waals surface area contributed by atoms with Crippen LogP contribution < -0.4 is 5.32 Å². The first kappa shape index (κ1) is 22.2. The Balaban J connectivity index is 1.91. The predicted molar refractivity (Wildman–Crippen MR) is 121 cm³/mol. The maximum Gasteiger partial charge on any atom is 0.233 e. The van der Waals surface area contributed by atoms with Gasteiger partial charge >= 0.3 is 0 Å². The molecule has 6 nitrogen and oxygen atoms in total. The highest BCUT2D eigenvalue weighted by molar-refractivity contribution is 8.00. The lowest BCUT2D eigenvalue weighted by atomic mass is 9.87. The summed E-state index contributed by atoms with van der Waals surface area (Å²) in [5.74, 6) is 1.58. The lowest BCUT2D eigenvalue weighted by Gasteiger charge is -2.19. The molecule has 30 heavy (non-hydrogen) atoms. The zero-order valence-electron chi connectivity index (χ0n) is 18.3. The first-order valence-corrected chi connectivity index (χ1v) is 11.2. The molecule has 0 unspecified atom stereocenters. The molecule has 1 amide bonds. The Morgan fingerprint density at radius 3 is 2.53 bits per heavy atom. The third-order valence-electron chi connectivity index (χ3n) is 4.82.